The molecule has 1 aromatic rings. The van der Waals surface area contributed by atoms with Gasteiger partial charge in [0, 0.05) is 6.54 Å². The predicted octanol–water partition coefficient (Wildman–Crippen LogP) is 3.06. The molecule has 3 aliphatic heterocycles. The molecule has 4 heterocycles. The Labute approximate surface area is 129 Å². The van der Waals surface area contributed by atoms with Gasteiger partial charge in [-0.25, -0.2) is 5.06 Å². The van der Waals surface area contributed by atoms with Crippen LogP contribution < -0.4 is 9.96 Å². The van der Waals surface area contributed by atoms with Crippen LogP contribution in [-0.2, 0) is 4.84 Å². The monoisotopic (exact) mass is 303 g/mol. The van der Waals surface area contributed by atoms with Crippen molar-refractivity contribution < 1.29 is 4.84 Å². The van der Waals surface area contributed by atoms with Gasteiger partial charge in [0.05, 0.1) is 18.5 Å². The zero-order chi connectivity index (χ0) is 14.2. The van der Waals surface area contributed by atoms with Crippen molar-refractivity contribution in [1.29, 1.82) is 0 Å². The number of piperidine rings is 1. The lowest BCUT2D eigenvalue weighted by molar-refractivity contribution is 0.0699. The molecule has 0 N–H and O–H groups in total. The molecule has 0 unspecified atom stereocenters. The van der Waals surface area contributed by atoms with Crippen molar-refractivity contribution in [3.05, 3.63) is 35.5 Å². The van der Waals surface area contributed by atoms with Gasteiger partial charge in [-0.05, 0) is 56.4 Å². The number of anilines is 2. The Bertz CT molecular complexity index is 572. The Kier molecular flexibility index (Phi) is 3.49. The summed E-state index contributed by atoms with van der Waals surface area (Å²) in [6, 6.07) is 2.15. The number of fused-ring (bicyclic) bond motifs is 3. The first-order chi connectivity index (χ1) is 10.3. The van der Waals surface area contributed by atoms with Crippen LogP contribution in [0.5, 0.6) is 0 Å². The minimum Gasteiger partial charge on any atom is -0.326 e. The third kappa shape index (κ3) is 2.50. The Hall–Kier alpha value is -1.30. The Morgan fingerprint density at radius 3 is 3.05 bits per heavy atom. The molecule has 1 aromatic heterocycles. The van der Waals surface area contributed by atoms with E-state index in [1.165, 1.54) is 42.3 Å². The SMILES string of the molecule is CN1CCC(CON2C=C3C=CCN3c3sccc32)CC1. The predicted molar refractivity (Wildman–Crippen MR) is 87.5 cm³/mol. The average Bonchev–Trinajstić information content (AvgIpc) is 3.14. The van der Waals surface area contributed by atoms with Crippen LogP contribution in [0.25, 0.3) is 0 Å². The highest BCUT2D eigenvalue weighted by Gasteiger charge is 2.27. The summed E-state index contributed by atoms with van der Waals surface area (Å²) in [5.41, 5.74) is 2.41. The van der Waals surface area contributed by atoms with Gasteiger partial charge in [0.15, 0.2) is 0 Å². The first kappa shape index (κ1) is 13.4. The third-order valence-electron chi connectivity index (χ3n) is 4.53. The van der Waals surface area contributed by atoms with E-state index in [1.54, 1.807) is 11.3 Å². The van der Waals surface area contributed by atoms with Crippen molar-refractivity contribution in [3.8, 4) is 0 Å². The molecule has 0 atom stereocenters. The molecule has 0 aromatic carbocycles. The lowest BCUT2D eigenvalue weighted by atomic mass is 9.98. The summed E-state index contributed by atoms with van der Waals surface area (Å²) in [4.78, 5) is 10.9. The number of hydroxylamine groups is 1. The largest absolute Gasteiger partial charge is 0.326 e. The molecule has 1 fully saturated rings. The van der Waals surface area contributed by atoms with Crippen LogP contribution in [0.2, 0.25) is 0 Å². The van der Waals surface area contributed by atoms with Gasteiger partial charge in [-0.3, -0.25) is 4.84 Å². The molecular weight excluding hydrogens is 282 g/mol. The molecule has 0 spiro atoms. The lowest BCUT2D eigenvalue weighted by Crippen LogP contribution is -2.34. The van der Waals surface area contributed by atoms with Gasteiger partial charge in [-0.15, -0.1) is 11.3 Å². The van der Waals surface area contributed by atoms with E-state index in [4.69, 9.17) is 4.84 Å². The van der Waals surface area contributed by atoms with Crippen LogP contribution in [0.4, 0.5) is 10.7 Å². The van der Waals surface area contributed by atoms with Crippen LogP contribution in [-0.4, -0.2) is 38.2 Å². The zero-order valence-corrected chi connectivity index (χ0v) is 13.2. The van der Waals surface area contributed by atoms with E-state index in [0.717, 1.165) is 13.2 Å². The van der Waals surface area contributed by atoms with E-state index < -0.39 is 0 Å². The fraction of sp³-hybridized carbons (Fsp3) is 0.500. The van der Waals surface area contributed by atoms with Gasteiger partial charge in [-0.1, -0.05) is 6.08 Å². The number of hydrogen-bond acceptors (Lipinski definition) is 5. The minimum absolute atomic E-state index is 0.679. The number of allylic oxidation sites excluding steroid dienone is 1. The Morgan fingerprint density at radius 1 is 1.33 bits per heavy atom. The molecule has 112 valence electrons. The summed E-state index contributed by atoms with van der Waals surface area (Å²) < 4.78 is 0. The van der Waals surface area contributed by atoms with Crippen molar-refractivity contribution in [3.63, 3.8) is 0 Å². The topological polar surface area (TPSA) is 19.0 Å². The molecule has 0 radical (unpaired) electrons. The van der Waals surface area contributed by atoms with E-state index in [9.17, 15) is 0 Å². The molecule has 4 rings (SSSR count). The van der Waals surface area contributed by atoms with E-state index in [-0.39, 0.29) is 0 Å². The summed E-state index contributed by atoms with van der Waals surface area (Å²) >= 11 is 1.78. The normalized spacial score (nSPS) is 22.4. The Balaban J connectivity index is 1.45. The number of nitrogens with zero attached hydrogens (tertiary/aromatic N) is 3. The first-order valence-electron chi connectivity index (χ1n) is 7.65. The molecule has 0 saturated carbocycles. The average molecular weight is 303 g/mol. The summed E-state index contributed by atoms with van der Waals surface area (Å²) in [7, 11) is 2.20. The summed E-state index contributed by atoms with van der Waals surface area (Å²) in [6.45, 7) is 4.17. The highest BCUT2D eigenvalue weighted by Crippen LogP contribution is 2.43. The fourth-order valence-electron chi connectivity index (χ4n) is 3.16. The molecule has 1 saturated heterocycles. The Morgan fingerprint density at radius 2 is 2.19 bits per heavy atom. The molecule has 0 bridgehead atoms. The second kappa shape index (κ2) is 5.48. The van der Waals surface area contributed by atoms with Crippen LogP contribution in [0.15, 0.2) is 35.5 Å². The van der Waals surface area contributed by atoms with Crippen LogP contribution in [0.1, 0.15) is 12.8 Å². The fourth-order valence-corrected chi connectivity index (χ4v) is 4.07. The maximum absolute atomic E-state index is 6.14. The molecule has 0 amide bonds. The standard InChI is InChI=1S/C16H21N3OS/c1-17-8-4-13(5-9-17)12-20-19-11-14-3-2-7-18(14)16-15(19)6-10-21-16/h2-3,6,10-11,13H,4-5,7-9,12H2,1H3. The summed E-state index contributed by atoms with van der Waals surface area (Å²) in [6.07, 6.45) is 8.98. The minimum atomic E-state index is 0.679. The van der Waals surface area contributed by atoms with Gasteiger partial charge < -0.3 is 9.80 Å². The van der Waals surface area contributed by atoms with Gasteiger partial charge in [-0.2, -0.15) is 0 Å². The van der Waals surface area contributed by atoms with Crippen LogP contribution in [0, 0.1) is 5.92 Å². The number of likely N-dealkylation sites (tertiary alicyclic amines) is 1. The lowest BCUT2D eigenvalue weighted by Gasteiger charge is -2.33. The third-order valence-corrected chi connectivity index (χ3v) is 5.46. The smallest absolute Gasteiger partial charge is 0.122 e. The molecule has 5 heteroatoms. The molecule has 0 aliphatic carbocycles. The highest BCUT2D eigenvalue weighted by molar-refractivity contribution is 7.15. The summed E-state index contributed by atoms with van der Waals surface area (Å²) in [5, 5.41) is 5.41. The molecular formula is C16H21N3OS. The first-order valence-corrected chi connectivity index (χ1v) is 8.53. The van der Waals surface area contributed by atoms with Crippen LogP contribution >= 0.6 is 11.3 Å². The molecule has 4 nitrogen and oxygen atoms in total. The number of thiophene rings is 1. The summed E-state index contributed by atoms with van der Waals surface area (Å²) in [5.74, 6) is 0.679. The van der Waals surface area contributed by atoms with Gasteiger partial charge in [0.1, 0.15) is 10.7 Å². The van der Waals surface area contributed by atoms with E-state index in [2.05, 4.69) is 46.6 Å². The van der Waals surface area contributed by atoms with Gasteiger partial charge >= 0.3 is 0 Å². The maximum atomic E-state index is 6.14. The van der Waals surface area contributed by atoms with Crippen molar-refractivity contribution in [2.75, 3.05) is 43.3 Å². The quantitative estimate of drug-likeness (QED) is 0.854. The van der Waals surface area contributed by atoms with Crippen molar-refractivity contribution in [2.24, 2.45) is 5.92 Å². The highest BCUT2D eigenvalue weighted by atomic mass is 32.1. The molecule has 21 heavy (non-hydrogen) atoms. The molecule has 3 aliphatic rings. The van der Waals surface area contributed by atoms with Crippen molar-refractivity contribution in [2.45, 2.75) is 12.8 Å². The van der Waals surface area contributed by atoms with Gasteiger partial charge in [0.2, 0.25) is 0 Å². The zero-order valence-electron chi connectivity index (χ0n) is 12.4. The maximum Gasteiger partial charge on any atom is 0.122 e. The second-order valence-electron chi connectivity index (χ2n) is 6.05. The number of hydrogen-bond donors (Lipinski definition) is 0. The van der Waals surface area contributed by atoms with E-state index >= 15 is 0 Å². The van der Waals surface area contributed by atoms with Crippen molar-refractivity contribution in [1.82, 2.24) is 4.90 Å². The van der Waals surface area contributed by atoms with E-state index in [1.807, 2.05) is 5.06 Å². The van der Waals surface area contributed by atoms with Crippen LogP contribution in [0.3, 0.4) is 0 Å². The van der Waals surface area contributed by atoms with Crippen molar-refractivity contribution >= 4 is 22.0 Å². The number of rotatable bonds is 3. The second-order valence-corrected chi connectivity index (χ2v) is 6.94. The van der Waals surface area contributed by atoms with Gasteiger partial charge in [0.25, 0.3) is 0 Å². The van der Waals surface area contributed by atoms with E-state index in [0.29, 0.717) is 5.92 Å².